The number of alkyl halides is 3. The summed E-state index contributed by atoms with van der Waals surface area (Å²) in [7, 11) is 1.47. The number of halogens is 4. The molecule has 0 aliphatic heterocycles. The van der Waals surface area contributed by atoms with Gasteiger partial charge in [0.05, 0.1) is 19.3 Å². The van der Waals surface area contributed by atoms with Gasteiger partial charge in [-0.15, -0.1) is 24.0 Å². The summed E-state index contributed by atoms with van der Waals surface area (Å²) in [5.41, 5.74) is -0.835. The minimum atomic E-state index is -4.48. The van der Waals surface area contributed by atoms with Gasteiger partial charge in [0.15, 0.2) is 11.7 Å². The summed E-state index contributed by atoms with van der Waals surface area (Å²) < 4.78 is 46.1. The van der Waals surface area contributed by atoms with Crippen molar-refractivity contribution in [1.82, 2.24) is 20.4 Å². The summed E-state index contributed by atoms with van der Waals surface area (Å²) in [6.45, 7) is 3.54. The number of aliphatic imine (C=N–C) groups is 1. The highest BCUT2D eigenvalue weighted by atomic mass is 127. The lowest BCUT2D eigenvalue weighted by Gasteiger charge is -2.16. The van der Waals surface area contributed by atoms with Crippen LogP contribution in [0.5, 0.6) is 0 Å². The monoisotopic (exact) mass is 517 g/mol. The fourth-order valence-corrected chi connectivity index (χ4v) is 3.20. The van der Waals surface area contributed by atoms with Crippen LogP contribution >= 0.6 is 24.0 Å². The van der Waals surface area contributed by atoms with E-state index in [0.717, 1.165) is 17.5 Å². The van der Waals surface area contributed by atoms with Crippen LogP contribution < -0.4 is 10.6 Å². The first-order valence-electron chi connectivity index (χ1n) is 9.63. The Kier molecular flexibility index (Phi) is 11.2. The molecule has 1 fully saturated rings. The molecular formula is C18H31F3IN5O. The molecule has 0 aromatic carbocycles. The maximum absolute atomic E-state index is 13.0. The molecule has 10 heteroatoms. The first-order chi connectivity index (χ1) is 12.9. The van der Waals surface area contributed by atoms with Crippen LogP contribution in [0.3, 0.4) is 0 Å². The van der Waals surface area contributed by atoms with Crippen LogP contribution in [0.15, 0.2) is 11.2 Å². The van der Waals surface area contributed by atoms with E-state index >= 15 is 0 Å². The highest BCUT2D eigenvalue weighted by Crippen LogP contribution is 2.30. The van der Waals surface area contributed by atoms with E-state index in [1.165, 1.54) is 38.9 Å². The van der Waals surface area contributed by atoms with Gasteiger partial charge >= 0.3 is 6.18 Å². The van der Waals surface area contributed by atoms with Crippen molar-refractivity contribution in [2.24, 2.45) is 12.0 Å². The van der Waals surface area contributed by atoms with E-state index in [0.29, 0.717) is 31.8 Å². The standard InChI is InChI=1S/C18H30F3N5O.HI/c1-3-22-17(23-10-11-27-15-8-6-4-5-7-9-15)24-12-14-13-26(2)25-16(14)18(19,20)21;/h13,15H,3-12H2,1-2H3,(H2,22,23,24);1H. The third-order valence-electron chi connectivity index (χ3n) is 4.48. The van der Waals surface area contributed by atoms with E-state index in [1.807, 2.05) is 6.92 Å². The van der Waals surface area contributed by atoms with E-state index < -0.39 is 11.9 Å². The molecule has 1 heterocycles. The lowest BCUT2D eigenvalue weighted by molar-refractivity contribution is -0.142. The lowest BCUT2D eigenvalue weighted by atomic mass is 10.1. The Morgan fingerprint density at radius 2 is 1.93 bits per heavy atom. The van der Waals surface area contributed by atoms with E-state index in [4.69, 9.17) is 4.74 Å². The highest BCUT2D eigenvalue weighted by molar-refractivity contribution is 14.0. The van der Waals surface area contributed by atoms with Gasteiger partial charge in [-0.1, -0.05) is 25.7 Å². The van der Waals surface area contributed by atoms with Crippen molar-refractivity contribution in [3.8, 4) is 0 Å². The van der Waals surface area contributed by atoms with Gasteiger partial charge in [0, 0.05) is 31.9 Å². The third-order valence-corrected chi connectivity index (χ3v) is 4.48. The second-order valence-electron chi connectivity index (χ2n) is 6.78. The smallest absolute Gasteiger partial charge is 0.376 e. The molecular weight excluding hydrogens is 486 g/mol. The first-order valence-corrected chi connectivity index (χ1v) is 9.63. The number of aromatic nitrogens is 2. The van der Waals surface area contributed by atoms with Crippen molar-refractivity contribution in [2.75, 3.05) is 19.7 Å². The van der Waals surface area contributed by atoms with Crippen LogP contribution in [0.1, 0.15) is 56.7 Å². The Morgan fingerprint density at radius 3 is 2.54 bits per heavy atom. The van der Waals surface area contributed by atoms with E-state index in [9.17, 15) is 13.2 Å². The fraction of sp³-hybridized carbons (Fsp3) is 0.778. The van der Waals surface area contributed by atoms with Crippen molar-refractivity contribution in [3.05, 3.63) is 17.5 Å². The fourth-order valence-electron chi connectivity index (χ4n) is 3.20. The maximum atomic E-state index is 13.0. The van der Waals surface area contributed by atoms with Crippen molar-refractivity contribution < 1.29 is 17.9 Å². The Morgan fingerprint density at radius 1 is 1.25 bits per heavy atom. The molecule has 0 radical (unpaired) electrons. The molecule has 0 atom stereocenters. The summed E-state index contributed by atoms with van der Waals surface area (Å²) >= 11 is 0. The quantitative estimate of drug-likeness (QED) is 0.190. The summed E-state index contributed by atoms with van der Waals surface area (Å²) in [6, 6.07) is 0. The molecule has 1 aliphatic carbocycles. The first kappa shape index (κ1) is 25.0. The average molecular weight is 517 g/mol. The van der Waals surface area contributed by atoms with Crippen LogP contribution in [0.2, 0.25) is 0 Å². The minimum Gasteiger partial charge on any atom is -0.376 e. The number of guanidine groups is 1. The molecule has 1 aromatic heterocycles. The zero-order chi connectivity index (χ0) is 19.7. The van der Waals surface area contributed by atoms with Gasteiger partial charge in [0.2, 0.25) is 0 Å². The van der Waals surface area contributed by atoms with Gasteiger partial charge in [-0.25, -0.2) is 4.99 Å². The molecule has 28 heavy (non-hydrogen) atoms. The van der Waals surface area contributed by atoms with Gasteiger partial charge in [0.25, 0.3) is 0 Å². The SMILES string of the molecule is CCNC(=NCc1cn(C)nc1C(F)(F)F)NCCOC1CCCCCC1.I. The van der Waals surface area contributed by atoms with E-state index in [-0.39, 0.29) is 36.1 Å². The minimum absolute atomic E-state index is 0. The Bertz CT molecular complexity index is 599. The number of nitrogens with zero attached hydrogens (tertiary/aromatic N) is 3. The van der Waals surface area contributed by atoms with Crippen molar-refractivity contribution >= 4 is 29.9 Å². The Balaban J connectivity index is 0.00000392. The van der Waals surface area contributed by atoms with Gasteiger partial charge in [0.1, 0.15) is 0 Å². The number of hydrogen-bond donors (Lipinski definition) is 2. The lowest BCUT2D eigenvalue weighted by Crippen LogP contribution is -2.39. The molecule has 0 unspecified atom stereocenters. The zero-order valence-corrected chi connectivity index (χ0v) is 18.8. The van der Waals surface area contributed by atoms with Crippen LogP contribution in [0.4, 0.5) is 13.2 Å². The van der Waals surface area contributed by atoms with Crippen molar-refractivity contribution in [1.29, 1.82) is 0 Å². The van der Waals surface area contributed by atoms with Crippen LogP contribution in [0.25, 0.3) is 0 Å². The molecule has 1 saturated carbocycles. The van der Waals surface area contributed by atoms with E-state index in [2.05, 4.69) is 20.7 Å². The average Bonchev–Trinajstić information content (AvgIpc) is 2.81. The maximum Gasteiger partial charge on any atom is 0.435 e. The molecule has 1 aliphatic rings. The zero-order valence-electron chi connectivity index (χ0n) is 16.5. The molecule has 2 N–H and O–H groups in total. The predicted octanol–water partition coefficient (Wildman–Crippen LogP) is 3.85. The van der Waals surface area contributed by atoms with Gasteiger partial charge in [-0.2, -0.15) is 18.3 Å². The van der Waals surface area contributed by atoms with Crippen molar-refractivity contribution in [2.45, 2.75) is 64.3 Å². The molecule has 0 saturated heterocycles. The predicted molar refractivity (Wildman–Crippen MR) is 114 cm³/mol. The van der Waals surface area contributed by atoms with Gasteiger partial charge in [-0.3, -0.25) is 4.68 Å². The summed E-state index contributed by atoms with van der Waals surface area (Å²) in [5.74, 6) is 0.471. The summed E-state index contributed by atoms with van der Waals surface area (Å²) in [4.78, 5) is 4.26. The number of hydrogen-bond acceptors (Lipinski definition) is 3. The molecule has 6 nitrogen and oxygen atoms in total. The normalized spacial score (nSPS) is 16.4. The van der Waals surface area contributed by atoms with Crippen molar-refractivity contribution in [3.63, 3.8) is 0 Å². The Labute approximate surface area is 181 Å². The van der Waals surface area contributed by atoms with Gasteiger partial charge < -0.3 is 15.4 Å². The molecule has 1 aromatic rings. The molecule has 2 rings (SSSR count). The highest BCUT2D eigenvalue weighted by Gasteiger charge is 2.36. The number of rotatable bonds is 7. The number of ether oxygens (including phenoxy) is 1. The molecule has 0 spiro atoms. The number of nitrogens with one attached hydrogen (secondary N) is 2. The molecule has 162 valence electrons. The second kappa shape index (κ2) is 12.5. The summed E-state index contributed by atoms with van der Waals surface area (Å²) in [6.07, 6.45) is 4.40. The van der Waals surface area contributed by atoms with Crippen LogP contribution in [-0.2, 0) is 24.5 Å². The topological polar surface area (TPSA) is 63.5 Å². The Hall–Kier alpha value is -1.04. The number of aryl methyl sites for hydroxylation is 1. The summed E-state index contributed by atoms with van der Waals surface area (Å²) in [5, 5.41) is 9.66. The largest absolute Gasteiger partial charge is 0.435 e. The van der Waals surface area contributed by atoms with Crippen LogP contribution in [-0.4, -0.2) is 41.5 Å². The third kappa shape index (κ3) is 8.54. The van der Waals surface area contributed by atoms with E-state index in [1.54, 1.807) is 0 Å². The molecule has 0 bridgehead atoms. The molecule has 0 amide bonds. The van der Waals surface area contributed by atoms with Crippen LogP contribution in [0, 0.1) is 0 Å². The van der Waals surface area contributed by atoms with Gasteiger partial charge in [-0.05, 0) is 19.8 Å². The second-order valence-corrected chi connectivity index (χ2v) is 6.78.